The Balaban J connectivity index is 1.68. The number of halogens is 3. The lowest BCUT2D eigenvalue weighted by molar-refractivity contribution is -0.0136. The number of aliphatic hydroxyl groups is 1. The first-order chi connectivity index (χ1) is 12.5. The summed E-state index contributed by atoms with van der Waals surface area (Å²) in [6.45, 7) is 0.735. The zero-order valence-electron chi connectivity index (χ0n) is 14.2. The van der Waals surface area contributed by atoms with Gasteiger partial charge in [-0.05, 0) is 25.3 Å². The standard InChI is InChI=1S/C17H21F3N4O2/c18-10-6-14(17(3-1-4-17)7-15(19)20)24-12(10)8-21-16(23-24)22-11-2-5-26-9-13(11)25/h6,8,11,13,15,25H,1-5,7,9H2,(H,22,23)/t11-,13-/m1/s1. The first-order valence-electron chi connectivity index (χ1n) is 8.84. The average molecular weight is 370 g/mol. The fourth-order valence-corrected chi connectivity index (χ4v) is 3.92. The molecular weight excluding hydrogens is 349 g/mol. The molecule has 2 aromatic rings. The van der Waals surface area contributed by atoms with Crippen molar-refractivity contribution in [2.45, 2.75) is 56.1 Å². The summed E-state index contributed by atoms with van der Waals surface area (Å²) < 4.78 is 47.1. The Hall–Kier alpha value is -1.87. The molecule has 3 heterocycles. The highest BCUT2D eigenvalue weighted by atomic mass is 19.3. The first-order valence-corrected chi connectivity index (χ1v) is 8.84. The van der Waals surface area contributed by atoms with Crippen molar-refractivity contribution in [3.63, 3.8) is 0 Å². The van der Waals surface area contributed by atoms with Gasteiger partial charge < -0.3 is 15.2 Å². The van der Waals surface area contributed by atoms with E-state index in [9.17, 15) is 18.3 Å². The maximum atomic E-state index is 14.3. The lowest BCUT2D eigenvalue weighted by Gasteiger charge is -2.41. The van der Waals surface area contributed by atoms with E-state index in [2.05, 4.69) is 15.4 Å². The van der Waals surface area contributed by atoms with Crippen LogP contribution in [0.2, 0.25) is 0 Å². The van der Waals surface area contributed by atoms with Crippen molar-refractivity contribution < 1.29 is 23.0 Å². The van der Waals surface area contributed by atoms with Crippen molar-refractivity contribution in [2.75, 3.05) is 18.5 Å². The molecule has 0 bridgehead atoms. The monoisotopic (exact) mass is 370 g/mol. The molecule has 2 atom stereocenters. The average Bonchev–Trinajstić information content (AvgIpc) is 2.90. The van der Waals surface area contributed by atoms with Crippen LogP contribution in [-0.2, 0) is 10.2 Å². The summed E-state index contributed by atoms with van der Waals surface area (Å²) in [4.78, 5) is 4.11. The van der Waals surface area contributed by atoms with E-state index >= 15 is 0 Å². The minimum absolute atomic E-state index is 0.165. The smallest absolute Gasteiger partial charge is 0.241 e. The zero-order chi connectivity index (χ0) is 18.3. The molecule has 6 nitrogen and oxygen atoms in total. The highest BCUT2D eigenvalue weighted by Crippen LogP contribution is 2.48. The highest BCUT2D eigenvalue weighted by molar-refractivity contribution is 5.51. The van der Waals surface area contributed by atoms with Gasteiger partial charge in [-0.3, -0.25) is 0 Å². The molecule has 2 fully saturated rings. The second kappa shape index (κ2) is 6.70. The highest BCUT2D eigenvalue weighted by Gasteiger charge is 2.44. The summed E-state index contributed by atoms with van der Waals surface area (Å²) in [5, 5.41) is 17.4. The van der Waals surface area contributed by atoms with Crippen LogP contribution in [0.5, 0.6) is 0 Å². The van der Waals surface area contributed by atoms with Gasteiger partial charge in [0.15, 0.2) is 5.82 Å². The molecule has 0 spiro atoms. The second-order valence-electron chi connectivity index (χ2n) is 7.17. The molecule has 2 aromatic heterocycles. The Morgan fingerprint density at radius 2 is 2.23 bits per heavy atom. The van der Waals surface area contributed by atoms with Gasteiger partial charge in [-0.2, -0.15) is 0 Å². The van der Waals surface area contributed by atoms with Crippen LogP contribution >= 0.6 is 0 Å². The van der Waals surface area contributed by atoms with E-state index in [4.69, 9.17) is 4.74 Å². The van der Waals surface area contributed by atoms with Gasteiger partial charge in [0.1, 0.15) is 5.52 Å². The van der Waals surface area contributed by atoms with Gasteiger partial charge in [-0.25, -0.2) is 22.7 Å². The number of aliphatic hydroxyl groups excluding tert-OH is 1. The lowest BCUT2D eigenvalue weighted by atomic mass is 9.64. The molecule has 0 aromatic carbocycles. The van der Waals surface area contributed by atoms with Crippen LogP contribution in [0.3, 0.4) is 0 Å². The van der Waals surface area contributed by atoms with E-state index < -0.39 is 23.8 Å². The zero-order valence-corrected chi connectivity index (χ0v) is 14.2. The minimum Gasteiger partial charge on any atom is -0.389 e. The third-order valence-electron chi connectivity index (χ3n) is 5.51. The topological polar surface area (TPSA) is 71.7 Å². The van der Waals surface area contributed by atoms with Crippen LogP contribution in [0.15, 0.2) is 12.3 Å². The molecule has 1 aliphatic carbocycles. The van der Waals surface area contributed by atoms with Crippen LogP contribution in [0, 0.1) is 5.82 Å². The molecular formula is C17H21F3N4O2. The van der Waals surface area contributed by atoms with E-state index in [1.165, 1.54) is 16.8 Å². The number of fused-ring (bicyclic) bond motifs is 1. The SMILES string of the molecule is O[C@@H]1COCC[C@H]1Nc1ncc2c(F)cc(C3(CC(F)F)CCC3)n2n1. The summed E-state index contributed by atoms with van der Waals surface area (Å²) in [5.41, 5.74) is -0.112. The van der Waals surface area contributed by atoms with Crippen molar-refractivity contribution in [1.29, 1.82) is 0 Å². The number of rotatable bonds is 5. The third kappa shape index (κ3) is 3.03. The van der Waals surface area contributed by atoms with E-state index in [0.717, 1.165) is 6.42 Å². The normalized spacial score (nSPS) is 25.4. The molecule has 142 valence electrons. The molecule has 0 radical (unpaired) electrons. The third-order valence-corrected chi connectivity index (χ3v) is 5.51. The molecule has 26 heavy (non-hydrogen) atoms. The van der Waals surface area contributed by atoms with Crippen LogP contribution in [0.25, 0.3) is 5.52 Å². The number of nitrogens with one attached hydrogen (secondary N) is 1. The van der Waals surface area contributed by atoms with Crippen LogP contribution in [0.4, 0.5) is 19.1 Å². The van der Waals surface area contributed by atoms with Crippen molar-refractivity contribution in [3.05, 3.63) is 23.8 Å². The van der Waals surface area contributed by atoms with Crippen molar-refractivity contribution in [2.24, 2.45) is 0 Å². The number of alkyl halides is 2. The lowest BCUT2D eigenvalue weighted by Crippen LogP contribution is -2.42. The minimum atomic E-state index is -2.46. The summed E-state index contributed by atoms with van der Waals surface area (Å²) in [6, 6.07) is 1.03. The Morgan fingerprint density at radius 1 is 1.42 bits per heavy atom. The van der Waals surface area contributed by atoms with Gasteiger partial charge in [0, 0.05) is 18.4 Å². The second-order valence-corrected chi connectivity index (χ2v) is 7.17. The molecule has 1 aliphatic heterocycles. The molecule has 1 saturated carbocycles. The van der Waals surface area contributed by atoms with E-state index in [-0.39, 0.29) is 30.5 Å². The van der Waals surface area contributed by atoms with Gasteiger partial charge in [0.2, 0.25) is 12.4 Å². The quantitative estimate of drug-likeness (QED) is 0.846. The van der Waals surface area contributed by atoms with E-state index in [1.807, 2.05) is 0 Å². The fourth-order valence-electron chi connectivity index (χ4n) is 3.92. The van der Waals surface area contributed by atoms with Crippen molar-refractivity contribution >= 4 is 11.5 Å². The molecule has 2 N–H and O–H groups in total. The van der Waals surface area contributed by atoms with Gasteiger partial charge in [0.25, 0.3) is 0 Å². The molecule has 9 heteroatoms. The number of ether oxygens (including phenoxy) is 1. The first kappa shape index (κ1) is 17.5. The Labute approximate surface area is 148 Å². The molecule has 0 unspecified atom stereocenters. The van der Waals surface area contributed by atoms with E-state index in [1.54, 1.807) is 0 Å². The summed E-state index contributed by atoms with van der Waals surface area (Å²) in [7, 11) is 0. The summed E-state index contributed by atoms with van der Waals surface area (Å²) >= 11 is 0. The van der Waals surface area contributed by atoms with Crippen LogP contribution in [-0.4, -0.2) is 51.5 Å². The maximum Gasteiger partial charge on any atom is 0.241 e. The van der Waals surface area contributed by atoms with E-state index in [0.29, 0.717) is 31.6 Å². The predicted molar refractivity (Wildman–Crippen MR) is 87.9 cm³/mol. The maximum absolute atomic E-state index is 14.3. The summed E-state index contributed by atoms with van der Waals surface area (Å²) in [6.07, 6.45) is 0.499. The summed E-state index contributed by atoms with van der Waals surface area (Å²) in [5.74, 6) is -0.287. The number of hydrogen-bond donors (Lipinski definition) is 2. The number of anilines is 1. The van der Waals surface area contributed by atoms with Gasteiger partial charge in [0.05, 0.1) is 30.6 Å². The Morgan fingerprint density at radius 3 is 2.88 bits per heavy atom. The number of nitrogens with zero attached hydrogens (tertiary/aromatic N) is 3. The van der Waals surface area contributed by atoms with Gasteiger partial charge in [-0.1, -0.05) is 6.42 Å². The van der Waals surface area contributed by atoms with Crippen LogP contribution in [0.1, 0.15) is 37.8 Å². The largest absolute Gasteiger partial charge is 0.389 e. The Bertz CT molecular complexity index is 794. The van der Waals surface area contributed by atoms with Crippen molar-refractivity contribution in [3.8, 4) is 0 Å². The number of aromatic nitrogens is 3. The molecule has 4 rings (SSSR count). The molecule has 2 aliphatic rings. The predicted octanol–water partition coefficient (Wildman–Crippen LogP) is 2.51. The number of hydrogen-bond acceptors (Lipinski definition) is 5. The fraction of sp³-hybridized carbons (Fsp3) is 0.647. The van der Waals surface area contributed by atoms with Crippen molar-refractivity contribution in [1.82, 2.24) is 14.6 Å². The van der Waals surface area contributed by atoms with Gasteiger partial charge in [-0.15, -0.1) is 5.10 Å². The van der Waals surface area contributed by atoms with Crippen LogP contribution < -0.4 is 5.32 Å². The molecule has 0 amide bonds. The Kier molecular flexibility index (Phi) is 4.52. The van der Waals surface area contributed by atoms with Gasteiger partial charge >= 0.3 is 0 Å². The molecule has 1 saturated heterocycles.